The SMILES string of the molecule is Cc1oc(C(=O)O)cc1S(=O)(=O)NCCc1ccccc1. The molecule has 21 heavy (non-hydrogen) atoms. The second-order valence-corrected chi connectivity index (χ2v) is 6.20. The summed E-state index contributed by atoms with van der Waals surface area (Å²) in [7, 11) is -3.78. The van der Waals surface area contributed by atoms with Crippen LogP contribution in [0.2, 0.25) is 0 Å². The lowest BCUT2D eigenvalue weighted by molar-refractivity contribution is 0.0661. The Morgan fingerprint density at radius 1 is 1.29 bits per heavy atom. The van der Waals surface area contributed by atoms with E-state index in [0.29, 0.717) is 6.42 Å². The molecular formula is C14H15NO5S. The lowest BCUT2D eigenvalue weighted by atomic mass is 10.2. The molecule has 0 amide bonds. The van der Waals surface area contributed by atoms with E-state index in [1.165, 1.54) is 6.92 Å². The molecule has 0 bridgehead atoms. The maximum absolute atomic E-state index is 12.1. The Kier molecular flexibility index (Phi) is 4.44. The monoisotopic (exact) mass is 309 g/mol. The van der Waals surface area contributed by atoms with Gasteiger partial charge in [0.2, 0.25) is 15.8 Å². The first-order valence-corrected chi connectivity index (χ1v) is 7.76. The van der Waals surface area contributed by atoms with Crippen LogP contribution < -0.4 is 4.72 Å². The summed E-state index contributed by atoms with van der Waals surface area (Å²) in [5.74, 6) is -1.64. The maximum Gasteiger partial charge on any atom is 0.371 e. The highest BCUT2D eigenvalue weighted by Crippen LogP contribution is 2.19. The van der Waals surface area contributed by atoms with Crippen molar-refractivity contribution in [3.63, 3.8) is 0 Å². The Hall–Kier alpha value is -2.12. The largest absolute Gasteiger partial charge is 0.475 e. The molecule has 2 rings (SSSR count). The van der Waals surface area contributed by atoms with E-state index in [-0.39, 0.29) is 17.2 Å². The molecule has 1 aromatic heterocycles. The van der Waals surface area contributed by atoms with E-state index in [1.54, 1.807) is 0 Å². The molecule has 112 valence electrons. The summed E-state index contributed by atoms with van der Waals surface area (Å²) >= 11 is 0. The van der Waals surface area contributed by atoms with E-state index in [2.05, 4.69) is 4.72 Å². The molecule has 6 nitrogen and oxygen atoms in total. The van der Waals surface area contributed by atoms with E-state index in [0.717, 1.165) is 11.6 Å². The van der Waals surface area contributed by atoms with Gasteiger partial charge in [0.15, 0.2) is 0 Å². The summed E-state index contributed by atoms with van der Waals surface area (Å²) in [6.45, 7) is 1.64. The van der Waals surface area contributed by atoms with Crippen LogP contribution in [0.25, 0.3) is 0 Å². The van der Waals surface area contributed by atoms with Gasteiger partial charge >= 0.3 is 5.97 Å². The Morgan fingerprint density at radius 3 is 2.52 bits per heavy atom. The number of hydrogen-bond donors (Lipinski definition) is 2. The molecule has 0 atom stereocenters. The van der Waals surface area contributed by atoms with Gasteiger partial charge in [-0.1, -0.05) is 30.3 Å². The number of hydrogen-bond acceptors (Lipinski definition) is 4. The quantitative estimate of drug-likeness (QED) is 0.848. The summed E-state index contributed by atoms with van der Waals surface area (Å²) < 4.78 is 31.6. The van der Waals surface area contributed by atoms with Gasteiger partial charge in [-0.05, 0) is 18.9 Å². The summed E-state index contributed by atoms with van der Waals surface area (Å²) in [5.41, 5.74) is 1.01. The van der Waals surface area contributed by atoms with Crippen LogP contribution in [0.5, 0.6) is 0 Å². The molecule has 0 aliphatic carbocycles. The van der Waals surface area contributed by atoms with Gasteiger partial charge in [-0.15, -0.1) is 0 Å². The molecule has 0 unspecified atom stereocenters. The predicted octanol–water partition coefficient (Wildman–Crippen LogP) is 1.81. The van der Waals surface area contributed by atoms with Gasteiger partial charge < -0.3 is 9.52 Å². The number of aryl methyl sites for hydroxylation is 1. The Labute approximate surface area is 122 Å². The Balaban J connectivity index is 2.07. The van der Waals surface area contributed by atoms with Crippen molar-refractivity contribution in [3.8, 4) is 0 Å². The molecule has 2 aromatic rings. The summed E-state index contributed by atoms with van der Waals surface area (Å²) in [6, 6.07) is 10.5. The van der Waals surface area contributed by atoms with Gasteiger partial charge in [0, 0.05) is 12.6 Å². The van der Waals surface area contributed by atoms with Gasteiger partial charge in [-0.25, -0.2) is 17.9 Å². The fourth-order valence-corrected chi connectivity index (χ4v) is 3.10. The lowest BCUT2D eigenvalue weighted by Crippen LogP contribution is -2.26. The van der Waals surface area contributed by atoms with Gasteiger partial charge in [0.05, 0.1) is 0 Å². The Bertz CT molecular complexity index is 734. The van der Waals surface area contributed by atoms with Crippen LogP contribution in [-0.2, 0) is 16.4 Å². The third kappa shape index (κ3) is 3.71. The van der Waals surface area contributed by atoms with Crippen LogP contribution in [0.4, 0.5) is 0 Å². The molecule has 0 fully saturated rings. The second-order valence-electron chi connectivity index (χ2n) is 4.47. The Morgan fingerprint density at radius 2 is 1.95 bits per heavy atom. The van der Waals surface area contributed by atoms with Crippen LogP contribution in [0, 0.1) is 6.92 Å². The van der Waals surface area contributed by atoms with E-state index >= 15 is 0 Å². The molecule has 0 radical (unpaired) electrons. The normalized spacial score (nSPS) is 11.5. The van der Waals surface area contributed by atoms with Gasteiger partial charge in [-0.3, -0.25) is 0 Å². The van der Waals surface area contributed by atoms with Crippen LogP contribution in [-0.4, -0.2) is 26.0 Å². The molecule has 0 saturated carbocycles. The fourth-order valence-electron chi connectivity index (χ4n) is 1.89. The fraction of sp³-hybridized carbons (Fsp3) is 0.214. The van der Waals surface area contributed by atoms with Crippen molar-refractivity contribution in [3.05, 3.63) is 53.5 Å². The zero-order chi connectivity index (χ0) is 15.5. The summed E-state index contributed by atoms with van der Waals surface area (Å²) in [6.07, 6.45) is 0.544. The van der Waals surface area contributed by atoms with Crippen LogP contribution in [0.3, 0.4) is 0 Å². The van der Waals surface area contributed by atoms with Gasteiger partial charge in [0.1, 0.15) is 10.7 Å². The number of carbonyl (C=O) groups is 1. The highest BCUT2D eigenvalue weighted by Gasteiger charge is 2.23. The molecule has 0 aliphatic heterocycles. The van der Waals surface area contributed by atoms with E-state index < -0.39 is 21.8 Å². The first kappa shape index (κ1) is 15.3. The van der Waals surface area contributed by atoms with Crippen molar-refractivity contribution >= 4 is 16.0 Å². The van der Waals surface area contributed by atoms with Crippen LogP contribution >= 0.6 is 0 Å². The first-order valence-electron chi connectivity index (χ1n) is 6.27. The number of nitrogens with one attached hydrogen (secondary N) is 1. The molecule has 1 aromatic carbocycles. The minimum Gasteiger partial charge on any atom is -0.475 e. The zero-order valence-corrected chi connectivity index (χ0v) is 12.2. The molecule has 0 spiro atoms. The van der Waals surface area contributed by atoms with Crippen molar-refractivity contribution in [2.45, 2.75) is 18.2 Å². The smallest absolute Gasteiger partial charge is 0.371 e. The first-order chi connectivity index (χ1) is 9.90. The van der Waals surface area contributed by atoms with Crippen LogP contribution in [0.1, 0.15) is 21.9 Å². The van der Waals surface area contributed by atoms with Gasteiger partial charge in [-0.2, -0.15) is 0 Å². The molecular weight excluding hydrogens is 294 g/mol. The number of aromatic carboxylic acids is 1. The average Bonchev–Trinajstić information content (AvgIpc) is 2.83. The minimum atomic E-state index is -3.78. The van der Waals surface area contributed by atoms with Crippen molar-refractivity contribution < 1.29 is 22.7 Å². The molecule has 0 aliphatic rings. The number of benzene rings is 1. The van der Waals surface area contributed by atoms with E-state index in [1.807, 2.05) is 30.3 Å². The maximum atomic E-state index is 12.1. The number of carboxylic acid groups (broad SMARTS) is 1. The summed E-state index contributed by atoms with van der Waals surface area (Å²) in [5, 5.41) is 8.80. The highest BCUT2D eigenvalue weighted by atomic mass is 32.2. The minimum absolute atomic E-state index is 0.0552. The van der Waals surface area contributed by atoms with Crippen molar-refractivity contribution in [1.29, 1.82) is 0 Å². The molecule has 2 N–H and O–H groups in total. The lowest BCUT2D eigenvalue weighted by Gasteiger charge is -2.05. The number of rotatable bonds is 6. The highest BCUT2D eigenvalue weighted by molar-refractivity contribution is 7.89. The van der Waals surface area contributed by atoms with Crippen molar-refractivity contribution in [1.82, 2.24) is 4.72 Å². The van der Waals surface area contributed by atoms with Gasteiger partial charge in [0.25, 0.3) is 0 Å². The molecule has 1 heterocycles. The number of furan rings is 1. The average molecular weight is 309 g/mol. The number of carboxylic acids is 1. The predicted molar refractivity (Wildman–Crippen MR) is 75.7 cm³/mol. The summed E-state index contributed by atoms with van der Waals surface area (Å²) in [4.78, 5) is 10.6. The standard InChI is InChI=1S/C14H15NO5S/c1-10-13(9-12(20-10)14(16)17)21(18,19)15-8-7-11-5-3-2-4-6-11/h2-6,9,15H,7-8H2,1H3,(H,16,17). The number of sulfonamides is 1. The van der Waals surface area contributed by atoms with Crippen molar-refractivity contribution in [2.75, 3.05) is 6.54 Å². The third-order valence-corrected chi connectivity index (χ3v) is 4.49. The van der Waals surface area contributed by atoms with Crippen molar-refractivity contribution in [2.24, 2.45) is 0 Å². The van der Waals surface area contributed by atoms with E-state index in [9.17, 15) is 13.2 Å². The molecule has 0 saturated heterocycles. The third-order valence-electron chi connectivity index (χ3n) is 2.92. The van der Waals surface area contributed by atoms with Crippen LogP contribution in [0.15, 0.2) is 45.7 Å². The molecule has 7 heteroatoms. The van der Waals surface area contributed by atoms with E-state index in [4.69, 9.17) is 9.52 Å². The zero-order valence-electron chi connectivity index (χ0n) is 11.4. The second kappa shape index (κ2) is 6.11. The topological polar surface area (TPSA) is 96.6 Å².